The van der Waals surface area contributed by atoms with Gasteiger partial charge in [0.15, 0.2) is 0 Å². The lowest BCUT2D eigenvalue weighted by molar-refractivity contribution is -0.384. The van der Waals surface area contributed by atoms with E-state index in [2.05, 4.69) is 5.32 Å². The molecule has 1 amide bonds. The Morgan fingerprint density at radius 1 is 1.58 bits per heavy atom. The van der Waals surface area contributed by atoms with Crippen molar-refractivity contribution < 1.29 is 14.8 Å². The van der Waals surface area contributed by atoms with Crippen molar-refractivity contribution in [3.05, 3.63) is 38.9 Å². The Morgan fingerprint density at radius 2 is 2.26 bits per heavy atom. The van der Waals surface area contributed by atoms with Crippen LogP contribution in [0.25, 0.3) is 0 Å². The van der Waals surface area contributed by atoms with Gasteiger partial charge in [-0.15, -0.1) is 0 Å². The largest absolute Gasteiger partial charge is 0.396 e. The van der Waals surface area contributed by atoms with Crippen molar-refractivity contribution in [3.8, 4) is 0 Å². The van der Waals surface area contributed by atoms with Gasteiger partial charge < -0.3 is 10.4 Å². The van der Waals surface area contributed by atoms with E-state index >= 15 is 0 Å². The Morgan fingerprint density at radius 3 is 2.79 bits per heavy atom. The van der Waals surface area contributed by atoms with Crippen molar-refractivity contribution >= 4 is 23.2 Å². The van der Waals surface area contributed by atoms with E-state index in [-0.39, 0.29) is 28.9 Å². The molecule has 0 radical (unpaired) electrons. The Balaban J connectivity index is 2.88. The summed E-state index contributed by atoms with van der Waals surface area (Å²) in [6.45, 7) is 1.85. The second kappa shape index (κ2) is 7.06. The highest BCUT2D eigenvalue weighted by atomic mass is 35.5. The van der Waals surface area contributed by atoms with E-state index < -0.39 is 10.8 Å². The Hall–Kier alpha value is -1.66. The van der Waals surface area contributed by atoms with E-state index in [0.29, 0.717) is 12.8 Å². The lowest BCUT2D eigenvalue weighted by atomic mass is 10.1. The molecule has 0 aliphatic carbocycles. The highest BCUT2D eigenvalue weighted by molar-refractivity contribution is 6.32. The molecule has 0 aromatic heterocycles. The van der Waals surface area contributed by atoms with E-state index in [0.717, 1.165) is 6.07 Å². The summed E-state index contributed by atoms with van der Waals surface area (Å²) in [7, 11) is 0. The van der Waals surface area contributed by atoms with Gasteiger partial charge >= 0.3 is 0 Å². The number of benzene rings is 1. The monoisotopic (exact) mass is 286 g/mol. The number of nitro groups is 1. The predicted octanol–water partition coefficient (Wildman–Crippen LogP) is 2.14. The van der Waals surface area contributed by atoms with Crippen molar-refractivity contribution in [1.82, 2.24) is 5.32 Å². The second-order valence-electron chi connectivity index (χ2n) is 4.01. The van der Waals surface area contributed by atoms with Crippen molar-refractivity contribution in [2.24, 2.45) is 0 Å². The van der Waals surface area contributed by atoms with Crippen LogP contribution in [0.3, 0.4) is 0 Å². The minimum atomic E-state index is -0.635. The van der Waals surface area contributed by atoms with Gasteiger partial charge in [-0.25, -0.2) is 0 Å². The standard InChI is InChI=1S/C12H15ClN2O4/c1-2-9(5-6-16)14-12(17)8-3-4-10(13)11(7-8)15(18)19/h3-4,7,9,16H,2,5-6H2,1H3,(H,14,17). The summed E-state index contributed by atoms with van der Waals surface area (Å²) in [4.78, 5) is 22.0. The number of aliphatic hydroxyl groups excluding tert-OH is 1. The molecule has 1 unspecified atom stereocenters. The van der Waals surface area contributed by atoms with Gasteiger partial charge in [-0.2, -0.15) is 0 Å². The van der Waals surface area contributed by atoms with Crippen LogP contribution in [0, 0.1) is 10.1 Å². The Bertz CT molecular complexity index is 479. The molecule has 6 nitrogen and oxygen atoms in total. The lowest BCUT2D eigenvalue weighted by Crippen LogP contribution is -2.35. The molecule has 0 saturated carbocycles. The SMILES string of the molecule is CCC(CCO)NC(=O)c1ccc(Cl)c([N+](=O)[O-])c1. The summed E-state index contributed by atoms with van der Waals surface area (Å²) in [6.07, 6.45) is 1.11. The second-order valence-corrected chi connectivity index (χ2v) is 4.42. The molecule has 1 aromatic rings. The molecular formula is C12H15ClN2O4. The van der Waals surface area contributed by atoms with Crippen molar-refractivity contribution in [2.75, 3.05) is 6.61 Å². The van der Waals surface area contributed by atoms with Crippen molar-refractivity contribution in [3.63, 3.8) is 0 Å². The van der Waals surface area contributed by atoms with Crippen LogP contribution >= 0.6 is 11.6 Å². The van der Waals surface area contributed by atoms with Crippen LogP contribution < -0.4 is 5.32 Å². The average Bonchev–Trinajstić information content (AvgIpc) is 2.38. The molecule has 0 aliphatic rings. The molecule has 1 aromatic carbocycles. The number of amides is 1. The molecule has 19 heavy (non-hydrogen) atoms. The fourth-order valence-corrected chi connectivity index (χ4v) is 1.78. The maximum atomic E-state index is 11.9. The number of rotatable bonds is 6. The highest BCUT2D eigenvalue weighted by Crippen LogP contribution is 2.25. The lowest BCUT2D eigenvalue weighted by Gasteiger charge is -2.15. The molecular weight excluding hydrogens is 272 g/mol. The van der Waals surface area contributed by atoms with Crippen molar-refractivity contribution in [1.29, 1.82) is 0 Å². The van der Waals surface area contributed by atoms with Crippen LogP contribution in [0.1, 0.15) is 30.1 Å². The minimum Gasteiger partial charge on any atom is -0.396 e. The third-order valence-electron chi connectivity index (χ3n) is 2.71. The average molecular weight is 287 g/mol. The molecule has 2 N–H and O–H groups in total. The number of nitrogens with zero attached hydrogens (tertiary/aromatic N) is 1. The Labute approximate surface area is 115 Å². The predicted molar refractivity (Wildman–Crippen MR) is 71.4 cm³/mol. The van der Waals surface area contributed by atoms with Crippen LogP contribution in [-0.2, 0) is 0 Å². The molecule has 7 heteroatoms. The quantitative estimate of drug-likeness (QED) is 0.619. The first-order chi connectivity index (χ1) is 8.99. The molecule has 0 spiro atoms. The number of carbonyl (C=O) groups is 1. The summed E-state index contributed by atoms with van der Waals surface area (Å²) >= 11 is 5.67. The molecule has 104 valence electrons. The molecule has 0 bridgehead atoms. The minimum absolute atomic E-state index is 0.0102. The zero-order chi connectivity index (χ0) is 14.4. The van der Waals surface area contributed by atoms with Crippen LogP contribution in [0.4, 0.5) is 5.69 Å². The maximum Gasteiger partial charge on any atom is 0.288 e. The molecule has 1 rings (SSSR count). The molecule has 0 saturated heterocycles. The molecule has 0 heterocycles. The van der Waals surface area contributed by atoms with E-state index in [1.54, 1.807) is 0 Å². The van der Waals surface area contributed by atoms with E-state index in [9.17, 15) is 14.9 Å². The van der Waals surface area contributed by atoms with Gasteiger partial charge in [0.05, 0.1) is 4.92 Å². The molecule has 0 fully saturated rings. The number of carbonyl (C=O) groups excluding carboxylic acids is 1. The number of hydrogen-bond acceptors (Lipinski definition) is 4. The first kappa shape index (κ1) is 15.4. The number of nitro benzene ring substituents is 1. The Kier molecular flexibility index (Phi) is 5.72. The molecule has 0 aliphatic heterocycles. The third-order valence-corrected chi connectivity index (χ3v) is 3.03. The van der Waals surface area contributed by atoms with Gasteiger partial charge in [-0.05, 0) is 25.0 Å². The summed E-state index contributed by atoms with van der Waals surface area (Å²) in [5.41, 5.74) is -0.128. The summed E-state index contributed by atoms with van der Waals surface area (Å²) < 4.78 is 0. The fourth-order valence-electron chi connectivity index (χ4n) is 1.60. The number of hydrogen-bond donors (Lipinski definition) is 2. The summed E-state index contributed by atoms with van der Waals surface area (Å²) in [5, 5.41) is 22.3. The normalized spacial score (nSPS) is 11.9. The zero-order valence-electron chi connectivity index (χ0n) is 10.4. The summed E-state index contributed by atoms with van der Waals surface area (Å²) in [6, 6.07) is 3.73. The van der Waals surface area contributed by atoms with Gasteiger partial charge in [-0.3, -0.25) is 14.9 Å². The van der Waals surface area contributed by atoms with Crippen LogP contribution in [-0.4, -0.2) is 28.6 Å². The van der Waals surface area contributed by atoms with Crippen LogP contribution in [0.5, 0.6) is 0 Å². The third kappa shape index (κ3) is 4.18. The van der Waals surface area contributed by atoms with Gasteiger partial charge in [0.2, 0.25) is 0 Å². The topological polar surface area (TPSA) is 92.5 Å². The number of nitrogens with one attached hydrogen (secondary N) is 1. The first-order valence-electron chi connectivity index (χ1n) is 5.85. The number of halogens is 1. The van der Waals surface area contributed by atoms with E-state index in [1.807, 2.05) is 6.92 Å². The fraction of sp³-hybridized carbons (Fsp3) is 0.417. The maximum absolute atomic E-state index is 11.9. The summed E-state index contributed by atoms with van der Waals surface area (Å²) in [5.74, 6) is -0.417. The van der Waals surface area contributed by atoms with Crippen LogP contribution in [0.2, 0.25) is 5.02 Å². The van der Waals surface area contributed by atoms with Gasteiger partial charge in [0.25, 0.3) is 11.6 Å². The molecule has 1 atom stereocenters. The zero-order valence-corrected chi connectivity index (χ0v) is 11.2. The van der Waals surface area contributed by atoms with Gasteiger partial charge in [-0.1, -0.05) is 18.5 Å². The van der Waals surface area contributed by atoms with Crippen LogP contribution in [0.15, 0.2) is 18.2 Å². The first-order valence-corrected chi connectivity index (χ1v) is 6.23. The van der Waals surface area contributed by atoms with E-state index in [4.69, 9.17) is 16.7 Å². The van der Waals surface area contributed by atoms with Gasteiger partial charge in [0, 0.05) is 24.3 Å². The smallest absolute Gasteiger partial charge is 0.288 e. The van der Waals surface area contributed by atoms with Gasteiger partial charge in [0.1, 0.15) is 5.02 Å². The highest BCUT2D eigenvalue weighted by Gasteiger charge is 2.17. The van der Waals surface area contributed by atoms with E-state index in [1.165, 1.54) is 12.1 Å². The van der Waals surface area contributed by atoms with Crippen molar-refractivity contribution in [2.45, 2.75) is 25.8 Å². The number of aliphatic hydroxyl groups is 1.